The van der Waals surface area contributed by atoms with Crippen molar-refractivity contribution < 1.29 is 9.59 Å². The van der Waals surface area contributed by atoms with Gasteiger partial charge >= 0.3 is 0 Å². The molecule has 2 atom stereocenters. The van der Waals surface area contributed by atoms with E-state index in [0.29, 0.717) is 18.1 Å². The molecule has 2 unspecified atom stereocenters. The molecule has 16 heavy (non-hydrogen) atoms. The van der Waals surface area contributed by atoms with Crippen molar-refractivity contribution in [2.24, 2.45) is 22.7 Å². The fourth-order valence-electron chi connectivity index (χ4n) is 2.58. The second kappa shape index (κ2) is 3.97. The predicted molar refractivity (Wildman–Crippen MR) is 65.1 cm³/mol. The van der Waals surface area contributed by atoms with Gasteiger partial charge in [0, 0.05) is 17.8 Å². The van der Waals surface area contributed by atoms with Crippen molar-refractivity contribution in [3.8, 4) is 0 Å². The molecule has 0 aromatic carbocycles. The topological polar surface area (TPSA) is 34.1 Å². The summed E-state index contributed by atoms with van der Waals surface area (Å²) in [5, 5.41) is 0. The fourth-order valence-corrected chi connectivity index (χ4v) is 2.58. The van der Waals surface area contributed by atoms with Crippen molar-refractivity contribution in [2.45, 2.75) is 54.4 Å². The molecule has 1 aliphatic rings. The predicted octanol–water partition coefficient (Wildman–Crippen LogP) is 3.24. The highest BCUT2D eigenvalue weighted by Gasteiger charge is 2.50. The number of carbonyl (C=O) groups excluding carboxylic acids is 2. The number of rotatable bonds is 3. The number of hydrogen-bond donors (Lipinski definition) is 0. The van der Waals surface area contributed by atoms with Crippen LogP contribution >= 0.6 is 0 Å². The van der Waals surface area contributed by atoms with E-state index in [1.54, 1.807) is 6.92 Å². The number of Topliss-reactive ketones (excluding diaryl/α,β-unsaturated/α-hetero) is 2. The highest BCUT2D eigenvalue weighted by atomic mass is 16.1. The van der Waals surface area contributed by atoms with Crippen molar-refractivity contribution in [1.82, 2.24) is 0 Å². The molecule has 1 aliphatic carbocycles. The van der Waals surface area contributed by atoms with Crippen LogP contribution in [0.4, 0.5) is 0 Å². The molecular formula is C14H24O2. The zero-order valence-electron chi connectivity index (χ0n) is 11.4. The minimum Gasteiger partial charge on any atom is -0.300 e. The van der Waals surface area contributed by atoms with E-state index in [1.807, 2.05) is 20.8 Å². The zero-order valence-corrected chi connectivity index (χ0v) is 11.4. The second-order valence-corrected chi connectivity index (χ2v) is 6.79. The molecular weight excluding hydrogens is 200 g/mol. The molecule has 0 N–H and O–H groups in total. The van der Waals surface area contributed by atoms with Crippen LogP contribution in [0.1, 0.15) is 54.4 Å². The normalized spacial score (nSPS) is 28.4. The summed E-state index contributed by atoms with van der Waals surface area (Å²) in [5.74, 6) is 1.12. The first-order valence-electron chi connectivity index (χ1n) is 6.10. The summed E-state index contributed by atoms with van der Waals surface area (Å²) >= 11 is 0. The van der Waals surface area contributed by atoms with Crippen LogP contribution in [-0.2, 0) is 9.59 Å². The molecule has 0 bridgehead atoms. The highest BCUT2D eigenvalue weighted by molar-refractivity contribution is 5.85. The van der Waals surface area contributed by atoms with Crippen LogP contribution in [0.5, 0.6) is 0 Å². The van der Waals surface area contributed by atoms with Crippen LogP contribution in [0.25, 0.3) is 0 Å². The molecule has 1 fully saturated rings. The smallest absolute Gasteiger partial charge is 0.138 e. The van der Waals surface area contributed by atoms with Gasteiger partial charge in [0.05, 0.1) is 0 Å². The lowest BCUT2D eigenvalue weighted by Crippen LogP contribution is -2.49. The van der Waals surface area contributed by atoms with E-state index in [0.717, 1.165) is 6.42 Å². The summed E-state index contributed by atoms with van der Waals surface area (Å²) in [5.41, 5.74) is -0.246. The van der Waals surface area contributed by atoms with E-state index in [4.69, 9.17) is 0 Å². The fraction of sp³-hybridized carbons (Fsp3) is 0.857. The Hall–Kier alpha value is -0.660. The summed E-state index contributed by atoms with van der Waals surface area (Å²) in [6.07, 6.45) is 1.52. The minimum atomic E-state index is -0.253. The standard InChI is InChI=1S/C14H24O2/c1-9(15)11-7-10(14(11,5)6)8-12(16)13(2,3)4/h10-11H,7-8H2,1-6H3. The average Bonchev–Trinajstić information content (AvgIpc) is 2.08. The third-order valence-electron chi connectivity index (χ3n) is 4.23. The summed E-state index contributed by atoms with van der Waals surface area (Å²) in [6.45, 7) is 11.8. The van der Waals surface area contributed by atoms with Crippen LogP contribution in [0.15, 0.2) is 0 Å². The molecule has 0 amide bonds. The van der Waals surface area contributed by atoms with Gasteiger partial charge in [-0.05, 0) is 24.7 Å². The Morgan fingerprint density at radius 2 is 1.75 bits per heavy atom. The Balaban J connectivity index is 2.62. The van der Waals surface area contributed by atoms with Crippen LogP contribution in [0.3, 0.4) is 0 Å². The van der Waals surface area contributed by atoms with Gasteiger partial charge in [0.25, 0.3) is 0 Å². The van der Waals surface area contributed by atoms with E-state index >= 15 is 0 Å². The van der Waals surface area contributed by atoms with Gasteiger partial charge in [-0.1, -0.05) is 34.6 Å². The Bertz CT molecular complexity index is 307. The maximum absolute atomic E-state index is 11.9. The molecule has 0 aromatic heterocycles. The van der Waals surface area contributed by atoms with Crippen LogP contribution in [0, 0.1) is 22.7 Å². The lowest BCUT2D eigenvalue weighted by atomic mass is 9.52. The first-order valence-corrected chi connectivity index (χ1v) is 6.10. The van der Waals surface area contributed by atoms with Crippen molar-refractivity contribution in [3.63, 3.8) is 0 Å². The molecule has 2 heteroatoms. The highest BCUT2D eigenvalue weighted by Crippen LogP contribution is 2.53. The van der Waals surface area contributed by atoms with E-state index in [9.17, 15) is 9.59 Å². The molecule has 1 saturated carbocycles. The molecule has 0 heterocycles. The molecule has 0 radical (unpaired) electrons. The van der Waals surface area contributed by atoms with E-state index in [-0.39, 0.29) is 22.5 Å². The van der Waals surface area contributed by atoms with Crippen LogP contribution in [0.2, 0.25) is 0 Å². The first-order chi connectivity index (χ1) is 7.06. The van der Waals surface area contributed by atoms with Gasteiger partial charge in [-0.2, -0.15) is 0 Å². The summed E-state index contributed by atoms with van der Waals surface area (Å²) in [7, 11) is 0. The molecule has 1 rings (SSSR count). The van der Waals surface area contributed by atoms with Crippen molar-refractivity contribution >= 4 is 11.6 Å². The lowest BCUT2D eigenvalue weighted by Gasteiger charge is -2.51. The lowest BCUT2D eigenvalue weighted by molar-refractivity contribution is -0.142. The summed E-state index contributed by atoms with van der Waals surface area (Å²) in [4.78, 5) is 23.3. The van der Waals surface area contributed by atoms with Crippen molar-refractivity contribution in [2.75, 3.05) is 0 Å². The van der Waals surface area contributed by atoms with Crippen LogP contribution < -0.4 is 0 Å². The third kappa shape index (κ3) is 2.36. The average molecular weight is 224 g/mol. The Labute approximate surface area is 98.8 Å². The third-order valence-corrected chi connectivity index (χ3v) is 4.23. The number of ketones is 2. The molecule has 0 spiro atoms. The molecule has 0 aromatic rings. The largest absolute Gasteiger partial charge is 0.300 e. The zero-order chi connectivity index (χ0) is 12.7. The molecule has 2 nitrogen and oxygen atoms in total. The first kappa shape index (κ1) is 13.4. The van der Waals surface area contributed by atoms with Crippen molar-refractivity contribution in [3.05, 3.63) is 0 Å². The van der Waals surface area contributed by atoms with Gasteiger partial charge in [0.1, 0.15) is 11.6 Å². The maximum atomic E-state index is 11.9. The Morgan fingerprint density at radius 1 is 1.25 bits per heavy atom. The SMILES string of the molecule is CC(=O)C1CC(CC(=O)C(C)(C)C)C1(C)C. The van der Waals surface area contributed by atoms with Crippen molar-refractivity contribution in [1.29, 1.82) is 0 Å². The molecule has 0 saturated heterocycles. The van der Waals surface area contributed by atoms with E-state index < -0.39 is 0 Å². The van der Waals surface area contributed by atoms with E-state index in [2.05, 4.69) is 13.8 Å². The van der Waals surface area contributed by atoms with E-state index in [1.165, 1.54) is 0 Å². The minimum absolute atomic E-state index is 0.00669. The van der Waals surface area contributed by atoms with Gasteiger partial charge in [-0.3, -0.25) is 9.59 Å². The molecule has 0 aliphatic heterocycles. The summed E-state index contributed by atoms with van der Waals surface area (Å²) < 4.78 is 0. The number of carbonyl (C=O) groups is 2. The monoisotopic (exact) mass is 224 g/mol. The second-order valence-electron chi connectivity index (χ2n) is 6.79. The van der Waals surface area contributed by atoms with Crippen LogP contribution in [-0.4, -0.2) is 11.6 Å². The van der Waals surface area contributed by atoms with Gasteiger partial charge in [-0.25, -0.2) is 0 Å². The molecule has 92 valence electrons. The summed E-state index contributed by atoms with van der Waals surface area (Å²) in [6, 6.07) is 0. The van der Waals surface area contributed by atoms with Gasteiger partial charge < -0.3 is 0 Å². The van der Waals surface area contributed by atoms with Gasteiger partial charge in [0.2, 0.25) is 0 Å². The Kier molecular flexibility index (Phi) is 3.33. The maximum Gasteiger partial charge on any atom is 0.138 e. The van der Waals surface area contributed by atoms with Gasteiger partial charge in [0.15, 0.2) is 0 Å². The number of hydrogen-bond acceptors (Lipinski definition) is 2. The van der Waals surface area contributed by atoms with Gasteiger partial charge in [-0.15, -0.1) is 0 Å². The quantitative estimate of drug-likeness (QED) is 0.737. The Morgan fingerprint density at radius 3 is 2.06 bits per heavy atom.